The smallest absolute Gasteiger partial charge is 0.264 e. The van der Waals surface area contributed by atoms with Crippen LogP contribution in [-0.4, -0.2) is 65.1 Å². The van der Waals surface area contributed by atoms with Gasteiger partial charge in [-0.05, 0) is 68.7 Å². The van der Waals surface area contributed by atoms with E-state index in [9.17, 15) is 18.0 Å². The minimum Gasteiger partial charge on any atom is -0.497 e. The van der Waals surface area contributed by atoms with E-state index in [0.29, 0.717) is 23.6 Å². The van der Waals surface area contributed by atoms with Gasteiger partial charge >= 0.3 is 0 Å². The number of nitrogens with one attached hydrogen (secondary N) is 1. The number of aryl methyl sites for hydroxylation is 1. The summed E-state index contributed by atoms with van der Waals surface area (Å²) in [6, 6.07) is 17.4. The number of benzene rings is 3. The molecule has 10 nitrogen and oxygen atoms in total. The van der Waals surface area contributed by atoms with Gasteiger partial charge in [0.25, 0.3) is 10.0 Å². The molecule has 2 amide bonds. The Hall–Kier alpha value is -4.25. The Bertz CT molecular complexity index is 1530. The zero-order valence-electron chi connectivity index (χ0n) is 26.5. The molecule has 11 heteroatoms. The minimum absolute atomic E-state index is 0.0700. The van der Waals surface area contributed by atoms with Crippen molar-refractivity contribution < 1.29 is 32.2 Å². The number of carbonyl (C=O) groups is 2. The van der Waals surface area contributed by atoms with Gasteiger partial charge in [0.05, 0.1) is 31.9 Å². The first-order valence-corrected chi connectivity index (χ1v) is 16.0. The number of sulfonamides is 1. The first kappa shape index (κ1) is 34.2. The van der Waals surface area contributed by atoms with Crippen LogP contribution in [0.25, 0.3) is 0 Å². The van der Waals surface area contributed by atoms with Gasteiger partial charge in [-0.25, -0.2) is 8.42 Å². The van der Waals surface area contributed by atoms with Crippen LogP contribution in [0.3, 0.4) is 0 Å². The van der Waals surface area contributed by atoms with E-state index in [0.717, 1.165) is 21.9 Å². The molecule has 3 aromatic rings. The molecule has 3 aromatic carbocycles. The second kappa shape index (κ2) is 15.5. The van der Waals surface area contributed by atoms with Crippen molar-refractivity contribution >= 4 is 27.5 Å². The van der Waals surface area contributed by atoms with Gasteiger partial charge in [-0.1, -0.05) is 43.7 Å². The van der Waals surface area contributed by atoms with Crippen LogP contribution >= 0.6 is 0 Å². The van der Waals surface area contributed by atoms with Crippen molar-refractivity contribution in [1.29, 1.82) is 0 Å². The molecule has 0 spiro atoms. The number of nitrogens with zero attached hydrogens (tertiary/aromatic N) is 2. The maximum absolute atomic E-state index is 14.3. The molecule has 0 fully saturated rings. The molecule has 3 rings (SSSR count). The van der Waals surface area contributed by atoms with Crippen LogP contribution in [0.1, 0.15) is 44.7 Å². The minimum atomic E-state index is -4.28. The van der Waals surface area contributed by atoms with E-state index < -0.39 is 28.5 Å². The molecule has 0 saturated carbocycles. The third-order valence-electron chi connectivity index (χ3n) is 7.42. The summed E-state index contributed by atoms with van der Waals surface area (Å²) in [4.78, 5) is 29.1. The van der Waals surface area contributed by atoms with Crippen molar-refractivity contribution in [3.05, 3.63) is 77.9 Å². The Morgan fingerprint density at radius 2 is 1.55 bits per heavy atom. The molecule has 0 bridgehead atoms. The quantitative estimate of drug-likeness (QED) is 0.255. The van der Waals surface area contributed by atoms with E-state index in [1.54, 1.807) is 49.6 Å². The predicted molar refractivity (Wildman–Crippen MR) is 171 cm³/mol. The highest BCUT2D eigenvalue weighted by Crippen LogP contribution is 2.32. The Morgan fingerprint density at radius 1 is 0.864 bits per heavy atom. The van der Waals surface area contributed by atoms with Crippen molar-refractivity contribution in [3.63, 3.8) is 0 Å². The normalized spacial score (nSPS) is 12.5. The van der Waals surface area contributed by atoms with Crippen molar-refractivity contribution in [3.8, 4) is 17.2 Å². The summed E-state index contributed by atoms with van der Waals surface area (Å²) in [5.74, 6) is 0.360. The topological polar surface area (TPSA) is 114 Å². The van der Waals surface area contributed by atoms with E-state index in [1.807, 2.05) is 33.8 Å². The van der Waals surface area contributed by atoms with Gasteiger partial charge in [0.2, 0.25) is 11.8 Å². The van der Waals surface area contributed by atoms with Crippen molar-refractivity contribution in [1.82, 2.24) is 10.2 Å². The highest BCUT2D eigenvalue weighted by atomic mass is 32.2. The van der Waals surface area contributed by atoms with Gasteiger partial charge in [0.15, 0.2) is 11.5 Å². The molecule has 0 aromatic heterocycles. The summed E-state index contributed by atoms with van der Waals surface area (Å²) in [5.41, 5.74) is 1.96. The molecular formula is C33H43N3O7S. The van der Waals surface area contributed by atoms with Gasteiger partial charge in [0.1, 0.15) is 18.3 Å². The molecule has 0 unspecified atom stereocenters. The molecule has 0 saturated heterocycles. The lowest BCUT2D eigenvalue weighted by Gasteiger charge is -2.34. The standard InChI is InChI=1S/C33H43N3O7S/c1-8-24(4)34-33(38)29(9-2)35(21-25-11-10-12-27(19-25)41-5)32(37)22-36(26-15-13-23(3)14-16-26)44(39,40)28-17-18-30(42-6)31(20-28)43-7/h10-20,24,29H,8-9,21-22H2,1-7H3,(H,34,38)/t24-,29+/m0/s1. The first-order chi connectivity index (χ1) is 21.0. The number of amides is 2. The van der Waals surface area contributed by atoms with Crippen LogP contribution in [0.2, 0.25) is 0 Å². The number of methoxy groups -OCH3 is 3. The SMILES string of the molecule is CC[C@H](C(=O)N[C@@H](C)CC)N(Cc1cccc(OC)c1)C(=O)CN(c1ccc(C)cc1)S(=O)(=O)c1ccc(OC)c(OC)c1. The molecule has 0 aliphatic rings. The summed E-state index contributed by atoms with van der Waals surface area (Å²) in [6.07, 6.45) is 1.04. The zero-order valence-corrected chi connectivity index (χ0v) is 27.3. The van der Waals surface area contributed by atoms with E-state index in [-0.39, 0.29) is 29.1 Å². The molecule has 0 aliphatic carbocycles. The second-order valence-corrected chi connectivity index (χ2v) is 12.3. The lowest BCUT2D eigenvalue weighted by atomic mass is 10.1. The van der Waals surface area contributed by atoms with Crippen LogP contribution in [0.5, 0.6) is 17.2 Å². The lowest BCUT2D eigenvalue weighted by Crippen LogP contribution is -2.53. The largest absolute Gasteiger partial charge is 0.497 e. The van der Waals surface area contributed by atoms with Crippen LogP contribution in [0.15, 0.2) is 71.6 Å². The number of hydrogen-bond acceptors (Lipinski definition) is 7. The Balaban J connectivity index is 2.10. The number of anilines is 1. The van der Waals surface area contributed by atoms with E-state index >= 15 is 0 Å². The number of hydrogen-bond donors (Lipinski definition) is 1. The third-order valence-corrected chi connectivity index (χ3v) is 9.19. The predicted octanol–water partition coefficient (Wildman–Crippen LogP) is 4.94. The summed E-state index contributed by atoms with van der Waals surface area (Å²) in [6.45, 7) is 7.10. The van der Waals surface area contributed by atoms with Gasteiger partial charge in [-0.3, -0.25) is 13.9 Å². The van der Waals surface area contributed by atoms with Gasteiger partial charge < -0.3 is 24.4 Å². The van der Waals surface area contributed by atoms with E-state index in [1.165, 1.54) is 37.3 Å². The van der Waals surface area contributed by atoms with Crippen molar-refractivity contribution in [2.24, 2.45) is 0 Å². The van der Waals surface area contributed by atoms with Gasteiger partial charge in [0, 0.05) is 18.7 Å². The maximum atomic E-state index is 14.3. The zero-order chi connectivity index (χ0) is 32.4. The summed E-state index contributed by atoms with van der Waals surface area (Å²) >= 11 is 0. The average molecular weight is 626 g/mol. The molecule has 44 heavy (non-hydrogen) atoms. The highest BCUT2D eigenvalue weighted by Gasteiger charge is 2.34. The Morgan fingerprint density at radius 3 is 2.14 bits per heavy atom. The summed E-state index contributed by atoms with van der Waals surface area (Å²) in [5, 5.41) is 2.98. The van der Waals surface area contributed by atoms with Gasteiger partial charge in [-0.2, -0.15) is 0 Å². The third kappa shape index (κ3) is 8.22. The van der Waals surface area contributed by atoms with Crippen LogP contribution in [0, 0.1) is 6.92 Å². The molecule has 1 N–H and O–H groups in total. The summed E-state index contributed by atoms with van der Waals surface area (Å²) < 4.78 is 45.5. The fourth-order valence-electron chi connectivity index (χ4n) is 4.67. The van der Waals surface area contributed by atoms with Gasteiger partial charge in [-0.15, -0.1) is 0 Å². The first-order valence-electron chi connectivity index (χ1n) is 14.5. The molecule has 238 valence electrons. The Kier molecular flexibility index (Phi) is 12.0. The number of carbonyl (C=O) groups excluding carboxylic acids is 2. The highest BCUT2D eigenvalue weighted by molar-refractivity contribution is 7.92. The maximum Gasteiger partial charge on any atom is 0.264 e. The monoisotopic (exact) mass is 625 g/mol. The Labute approximate surface area is 261 Å². The molecule has 0 radical (unpaired) electrons. The summed E-state index contributed by atoms with van der Waals surface area (Å²) in [7, 11) is 0.146. The number of rotatable bonds is 15. The lowest BCUT2D eigenvalue weighted by molar-refractivity contribution is -0.140. The molecular weight excluding hydrogens is 582 g/mol. The molecule has 2 atom stereocenters. The van der Waals surface area contributed by atoms with E-state index in [4.69, 9.17) is 14.2 Å². The van der Waals surface area contributed by atoms with Crippen LogP contribution < -0.4 is 23.8 Å². The van der Waals surface area contributed by atoms with Crippen LogP contribution in [0.4, 0.5) is 5.69 Å². The fraction of sp³-hybridized carbons (Fsp3) is 0.394. The van der Waals surface area contributed by atoms with E-state index in [2.05, 4.69) is 5.32 Å². The average Bonchev–Trinajstić information content (AvgIpc) is 3.03. The number of ether oxygens (including phenoxy) is 3. The molecule has 0 aliphatic heterocycles. The van der Waals surface area contributed by atoms with Crippen molar-refractivity contribution in [2.75, 3.05) is 32.2 Å². The second-order valence-electron chi connectivity index (χ2n) is 10.5. The van der Waals surface area contributed by atoms with Crippen molar-refractivity contribution in [2.45, 2.75) is 64.1 Å². The van der Waals surface area contributed by atoms with Crippen LogP contribution in [-0.2, 0) is 26.2 Å². The molecule has 0 heterocycles. The fourth-order valence-corrected chi connectivity index (χ4v) is 6.10.